The number of amides is 1. The number of hydrogen-bond acceptors (Lipinski definition) is 3. The van der Waals surface area contributed by atoms with Gasteiger partial charge in [0.25, 0.3) is 5.69 Å². The lowest BCUT2D eigenvalue weighted by Gasteiger charge is -2.22. The molecular weight excluding hydrogens is 421 g/mol. The van der Waals surface area contributed by atoms with Crippen molar-refractivity contribution in [2.24, 2.45) is 0 Å². The maximum atomic E-state index is 13.6. The summed E-state index contributed by atoms with van der Waals surface area (Å²) in [6.45, 7) is 3.71. The molecule has 1 aromatic heterocycles. The molecule has 0 aliphatic carbocycles. The zero-order valence-corrected chi connectivity index (χ0v) is 18.7. The highest BCUT2D eigenvalue weighted by atomic mass is 19.1. The summed E-state index contributed by atoms with van der Waals surface area (Å²) in [5.74, 6) is -0.392. The summed E-state index contributed by atoms with van der Waals surface area (Å²) in [6.07, 6.45) is 8.09. The van der Waals surface area contributed by atoms with Gasteiger partial charge in [-0.1, -0.05) is 31.9 Å². The Kier molecular flexibility index (Phi) is 8.52. The van der Waals surface area contributed by atoms with Crippen LogP contribution >= 0.6 is 0 Å². The van der Waals surface area contributed by atoms with Gasteiger partial charge in [-0.25, -0.2) is 4.39 Å². The number of nitro groups is 1. The number of unbranched alkanes of at least 4 members (excludes halogenated alkanes) is 2. The molecule has 0 radical (unpaired) electrons. The molecule has 0 N–H and O–H groups in total. The minimum Gasteiger partial charge on any atom is -0.345 e. The minimum absolute atomic E-state index is 0.0127. The summed E-state index contributed by atoms with van der Waals surface area (Å²) >= 11 is 0. The second-order valence-corrected chi connectivity index (χ2v) is 7.91. The predicted molar refractivity (Wildman–Crippen MR) is 127 cm³/mol. The zero-order valence-electron chi connectivity index (χ0n) is 18.7. The number of non-ortho nitro benzene ring substituents is 1. The Labute approximate surface area is 193 Å². The molecule has 172 valence electrons. The van der Waals surface area contributed by atoms with Crippen LogP contribution in [0.1, 0.15) is 43.0 Å². The molecular formula is C26H28FN3O3. The van der Waals surface area contributed by atoms with Gasteiger partial charge in [0.05, 0.1) is 11.5 Å². The van der Waals surface area contributed by atoms with Crippen molar-refractivity contribution in [3.05, 3.63) is 106 Å². The molecule has 3 aromatic rings. The van der Waals surface area contributed by atoms with E-state index in [1.165, 1.54) is 30.3 Å². The summed E-state index contributed by atoms with van der Waals surface area (Å²) in [4.78, 5) is 25.2. The van der Waals surface area contributed by atoms with Crippen LogP contribution in [0.3, 0.4) is 0 Å². The van der Waals surface area contributed by atoms with Crippen LogP contribution in [0.5, 0.6) is 0 Å². The van der Waals surface area contributed by atoms with Gasteiger partial charge in [0, 0.05) is 43.2 Å². The highest BCUT2D eigenvalue weighted by molar-refractivity contribution is 5.91. The highest BCUT2D eigenvalue weighted by Crippen LogP contribution is 2.15. The lowest BCUT2D eigenvalue weighted by atomic mass is 10.2. The summed E-state index contributed by atoms with van der Waals surface area (Å²) in [5, 5.41) is 10.8. The van der Waals surface area contributed by atoms with Crippen LogP contribution in [-0.4, -0.2) is 26.8 Å². The molecule has 0 bridgehead atoms. The second-order valence-electron chi connectivity index (χ2n) is 7.91. The number of carbonyl (C=O) groups excluding carboxylic acids is 1. The quantitative estimate of drug-likeness (QED) is 0.160. The Morgan fingerprint density at radius 3 is 2.61 bits per heavy atom. The van der Waals surface area contributed by atoms with Gasteiger partial charge < -0.3 is 9.47 Å². The molecule has 0 atom stereocenters. The van der Waals surface area contributed by atoms with Crippen LogP contribution in [0.25, 0.3) is 6.08 Å². The molecule has 0 aliphatic rings. The van der Waals surface area contributed by atoms with Crippen LogP contribution < -0.4 is 0 Å². The molecule has 0 unspecified atom stereocenters. The van der Waals surface area contributed by atoms with E-state index in [9.17, 15) is 19.3 Å². The fraction of sp³-hybridized carbons (Fsp3) is 0.269. The van der Waals surface area contributed by atoms with Crippen molar-refractivity contribution in [3.8, 4) is 0 Å². The van der Waals surface area contributed by atoms with Crippen LogP contribution in [-0.2, 0) is 17.9 Å². The molecule has 33 heavy (non-hydrogen) atoms. The van der Waals surface area contributed by atoms with Crippen molar-refractivity contribution in [1.82, 2.24) is 9.47 Å². The Bertz CT molecular complexity index is 1110. The van der Waals surface area contributed by atoms with Crippen LogP contribution in [0.4, 0.5) is 10.1 Å². The first kappa shape index (κ1) is 23.9. The molecule has 6 nitrogen and oxygen atoms in total. The number of nitro benzene ring substituents is 1. The van der Waals surface area contributed by atoms with Gasteiger partial charge in [-0.3, -0.25) is 14.9 Å². The largest absolute Gasteiger partial charge is 0.345 e. The van der Waals surface area contributed by atoms with Gasteiger partial charge >= 0.3 is 0 Å². The average molecular weight is 450 g/mol. The smallest absolute Gasteiger partial charge is 0.269 e. The number of hydrogen-bond donors (Lipinski definition) is 0. The Morgan fingerprint density at radius 1 is 1.12 bits per heavy atom. The van der Waals surface area contributed by atoms with Gasteiger partial charge in [-0.2, -0.15) is 0 Å². The topological polar surface area (TPSA) is 68.4 Å². The molecule has 1 heterocycles. The van der Waals surface area contributed by atoms with E-state index in [1.54, 1.807) is 29.2 Å². The van der Waals surface area contributed by atoms with E-state index in [4.69, 9.17) is 0 Å². The maximum Gasteiger partial charge on any atom is 0.269 e. The van der Waals surface area contributed by atoms with Gasteiger partial charge in [-0.15, -0.1) is 0 Å². The Balaban J connectivity index is 1.72. The molecule has 1 amide bonds. The van der Waals surface area contributed by atoms with Crippen LogP contribution in [0, 0.1) is 15.9 Å². The normalized spacial score (nSPS) is 11.1. The zero-order chi connectivity index (χ0) is 23.6. The lowest BCUT2D eigenvalue weighted by Crippen LogP contribution is -2.31. The Hall–Kier alpha value is -3.74. The monoisotopic (exact) mass is 449 g/mol. The van der Waals surface area contributed by atoms with Gasteiger partial charge in [-0.05, 0) is 60.0 Å². The fourth-order valence-electron chi connectivity index (χ4n) is 3.57. The second kappa shape index (κ2) is 11.8. The van der Waals surface area contributed by atoms with Gasteiger partial charge in [0.2, 0.25) is 5.91 Å². The molecule has 3 rings (SSSR count). The fourth-order valence-corrected chi connectivity index (χ4v) is 3.57. The van der Waals surface area contributed by atoms with E-state index >= 15 is 0 Å². The number of aromatic nitrogens is 1. The number of nitrogens with zero attached hydrogens (tertiary/aromatic N) is 3. The van der Waals surface area contributed by atoms with E-state index in [-0.39, 0.29) is 17.4 Å². The van der Waals surface area contributed by atoms with Crippen molar-refractivity contribution in [2.45, 2.75) is 39.3 Å². The minimum atomic E-state index is -0.451. The highest BCUT2D eigenvalue weighted by Gasteiger charge is 2.14. The van der Waals surface area contributed by atoms with E-state index in [0.29, 0.717) is 19.6 Å². The molecule has 2 aromatic carbocycles. The SMILES string of the molecule is CCCCCN(Cc1cccn1Cc1cccc(F)c1)C(=O)/C=C/c1ccc([N+](=O)[O-])cc1. The number of benzene rings is 2. The average Bonchev–Trinajstić information content (AvgIpc) is 3.23. The van der Waals surface area contributed by atoms with Crippen molar-refractivity contribution in [3.63, 3.8) is 0 Å². The summed E-state index contributed by atoms with van der Waals surface area (Å²) in [5.41, 5.74) is 2.55. The van der Waals surface area contributed by atoms with E-state index in [0.717, 1.165) is 36.1 Å². The standard InChI is InChI=1S/C26H28FN3O3/c1-2-3-4-16-29(26(31)15-12-21-10-13-24(14-11-21)30(32)33)20-25-9-6-17-28(25)19-22-7-5-8-23(27)18-22/h5-15,17-18H,2-4,16,19-20H2,1H3/b15-12+. The molecule has 0 saturated heterocycles. The van der Waals surface area contributed by atoms with Crippen molar-refractivity contribution in [2.75, 3.05) is 6.54 Å². The third-order valence-corrected chi connectivity index (χ3v) is 5.38. The first-order valence-corrected chi connectivity index (χ1v) is 11.1. The molecule has 7 heteroatoms. The summed E-state index contributed by atoms with van der Waals surface area (Å²) in [7, 11) is 0. The molecule has 0 aliphatic heterocycles. The summed E-state index contributed by atoms with van der Waals surface area (Å²) < 4.78 is 15.6. The maximum absolute atomic E-state index is 13.6. The van der Waals surface area contributed by atoms with Gasteiger partial charge in [0.15, 0.2) is 0 Å². The lowest BCUT2D eigenvalue weighted by molar-refractivity contribution is -0.384. The molecule has 0 saturated carbocycles. The van der Waals surface area contributed by atoms with E-state index in [1.807, 2.05) is 29.0 Å². The van der Waals surface area contributed by atoms with Crippen molar-refractivity contribution < 1.29 is 14.1 Å². The number of rotatable bonds is 11. The van der Waals surface area contributed by atoms with Crippen LogP contribution in [0.2, 0.25) is 0 Å². The Morgan fingerprint density at radius 2 is 1.91 bits per heavy atom. The summed E-state index contributed by atoms with van der Waals surface area (Å²) in [6, 6.07) is 16.5. The third-order valence-electron chi connectivity index (χ3n) is 5.38. The number of halogens is 1. The van der Waals surface area contributed by atoms with E-state index in [2.05, 4.69) is 6.92 Å². The van der Waals surface area contributed by atoms with Crippen molar-refractivity contribution >= 4 is 17.7 Å². The van der Waals surface area contributed by atoms with Crippen LogP contribution in [0.15, 0.2) is 72.9 Å². The van der Waals surface area contributed by atoms with E-state index < -0.39 is 4.92 Å². The molecule has 0 spiro atoms. The van der Waals surface area contributed by atoms with Crippen molar-refractivity contribution in [1.29, 1.82) is 0 Å². The third kappa shape index (κ3) is 7.14. The van der Waals surface area contributed by atoms with Gasteiger partial charge in [0.1, 0.15) is 5.82 Å². The number of carbonyl (C=O) groups is 1. The first-order valence-electron chi connectivity index (χ1n) is 11.1. The predicted octanol–water partition coefficient (Wildman–Crippen LogP) is 5.82. The molecule has 0 fully saturated rings. The first-order chi connectivity index (χ1) is 16.0.